The van der Waals surface area contributed by atoms with Gasteiger partial charge in [0.2, 0.25) is 5.95 Å². The first kappa shape index (κ1) is 14.9. The second-order valence-electron chi connectivity index (χ2n) is 4.93. The lowest BCUT2D eigenvalue weighted by molar-refractivity contribution is -0.0676. The molecule has 1 fully saturated rings. The van der Waals surface area contributed by atoms with Gasteiger partial charge in [0.25, 0.3) is 5.56 Å². The summed E-state index contributed by atoms with van der Waals surface area (Å²) in [5.41, 5.74) is 5.42. The molecular weight excluding hydrogens is 294 g/mol. The molecule has 10 heteroatoms. The summed E-state index contributed by atoms with van der Waals surface area (Å²) in [7, 11) is 0. The van der Waals surface area contributed by atoms with Gasteiger partial charge in [-0.1, -0.05) is 0 Å². The van der Waals surface area contributed by atoms with Crippen LogP contribution in [0.5, 0.6) is 0 Å². The van der Waals surface area contributed by atoms with E-state index >= 15 is 0 Å². The number of hydrogen-bond donors (Lipinski definition) is 4. The quantitative estimate of drug-likeness (QED) is 0.525. The van der Waals surface area contributed by atoms with Crippen LogP contribution >= 0.6 is 0 Å². The molecule has 0 unspecified atom stereocenters. The summed E-state index contributed by atoms with van der Waals surface area (Å²) in [6.07, 6.45) is -1.92. The van der Waals surface area contributed by atoms with Gasteiger partial charge in [-0.15, -0.1) is 0 Å². The number of aliphatic hydroxyl groups excluding tert-OH is 2. The second kappa shape index (κ2) is 5.65. The number of fused-ring (bicyclic) bond motifs is 1. The maximum Gasteiger partial charge on any atom is 0.280 e. The van der Waals surface area contributed by atoms with Crippen LogP contribution in [-0.4, -0.2) is 61.3 Å². The first-order chi connectivity index (χ1) is 10.6. The molecule has 2 aromatic heterocycles. The number of imidazole rings is 1. The SMILES string of the molecule is CCO[C@@H]1[C@H](O)[C@@H](CO)O[C@H]1n1cnc2c(=O)[nH]c(N)nc21. The average Bonchev–Trinajstić information content (AvgIpc) is 3.02. The Balaban J connectivity index is 2.07. The lowest BCUT2D eigenvalue weighted by Crippen LogP contribution is -2.35. The number of nitrogens with one attached hydrogen (secondary N) is 1. The van der Waals surface area contributed by atoms with E-state index in [1.807, 2.05) is 0 Å². The molecule has 0 aromatic carbocycles. The topological polar surface area (TPSA) is 149 Å². The van der Waals surface area contributed by atoms with Crippen molar-refractivity contribution < 1.29 is 19.7 Å². The second-order valence-corrected chi connectivity index (χ2v) is 4.93. The summed E-state index contributed by atoms with van der Waals surface area (Å²) in [5, 5.41) is 19.5. The Hall–Kier alpha value is -2.01. The van der Waals surface area contributed by atoms with Gasteiger partial charge in [0.05, 0.1) is 12.9 Å². The van der Waals surface area contributed by atoms with Gasteiger partial charge in [0.1, 0.15) is 18.3 Å². The zero-order valence-electron chi connectivity index (χ0n) is 11.8. The summed E-state index contributed by atoms with van der Waals surface area (Å²) in [6.45, 7) is 1.77. The number of aromatic nitrogens is 4. The number of ether oxygens (including phenoxy) is 2. The molecule has 4 atom stereocenters. The molecule has 0 amide bonds. The lowest BCUT2D eigenvalue weighted by Gasteiger charge is -2.21. The van der Waals surface area contributed by atoms with Crippen LogP contribution in [0.2, 0.25) is 0 Å². The van der Waals surface area contributed by atoms with Crippen molar-refractivity contribution in [1.82, 2.24) is 19.5 Å². The molecule has 0 spiro atoms. The van der Waals surface area contributed by atoms with Gasteiger partial charge in [-0.25, -0.2) is 4.98 Å². The van der Waals surface area contributed by atoms with E-state index in [1.54, 1.807) is 6.92 Å². The number of hydrogen-bond acceptors (Lipinski definition) is 8. The van der Waals surface area contributed by atoms with Crippen molar-refractivity contribution in [2.75, 3.05) is 18.9 Å². The van der Waals surface area contributed by atoms with E-state index in [2.05, 4.69) is 15.0 Å². The number of rotatable bonds is 4. The minimum absolute atomic E-state index is 0.0514. The van der Waals surface area contributed by atoms with Gasteiger partial charge in [-0.2, -0.15) is 4.98 Å². The van der Waals surface area contributed by atoms with E-state index in [9.17, 15) is 15.0 Å². The van der Waals surface area contributed by atoms with Crippen molar-refractivity contribution in [3.05, 3.63) is 16.7 Å². The van der Waals surface area contributed by atoms with Crippen LogP contribution in [0.15, 0.2) is 11.1 Å². The number of aliphatic hydroxyl groups is 2. The smallest absolute Gasteiger partial charge is 0.280 e. The van der Waals surface area contributed by atoms with E-state index in [-0.39, 0.29) is 23.7 Å². The molecule has 2 aromatic rings. The molecule has 0 radical (unpaired) electrons. The minimum Gasteiger partial charge on any atom is -0.394 e. The summed E-state index contributed by atoms with van der Waals surface area (Å²) >= 11 is 0. The monoisotopic (exact) mass is 311 g/mol. The Morgan fingerprint density at radius 2 is 2.36 bits per heavy atom. The third kappa shape index (κ3) is 2.25. The first-order valence-corrected chi connectivity index (χ1v) is 6.85. The van der Waals surface area contributed by atoms with Crippen LogP contribution in [-0.2, 0) is 9.47 Å². The van der Waals surface area contributed by atoms with Crippen molar-refractivity contribution in [1.29, 1.82) is 0 Å². The fraction of sp³-hybridized carbons (Fsp3) is 0.583. The van der Waals surface area contributed by atoms with Gasteiger partial charge < -0.3 is 25.4 Å². The highest BCUT2D eigenvalue weighted by Crippen LogP contribution is 2.33. The molecule has 3 rings (SSSR count). The molecule has 120 valence electrons. The summed E-state index contributed by atoms with van der Waals surface area (Å²) < 4.78 is 12.6. The van der Waals surface area contributed by atoms with Gasteiger partial charge >= 0.3 is 0 Å². The predicted molar refractivity (Wildman–Crippen MR) is 75.0 cm³/mol. The van der Waals surface area contributed by atoms with E-state index < -0.39 is 30.1 Å². The molecule has 1 saturated heterocycles. The summed E-state index contributed by atoms with van der Waals surface area (Å²) in [4.78, 5) is 22.2. The van der Waals surface area contributed by atoms with Gasteiger partial charge in [-0.3, -0.25) is 14.3 Å². The number of nitrogen functional groups attached to an aromatic ring is 1. The average molecular weight is 311 g/mol. The standard InChI is InChI=1S/C12H17N5O5/c1-2-21-8-7(19)5(3-18)22-11(8)17-4-14-6-9(17)15-12(13)16-10(6)20/h4-5,7-8,11,18-19H,2-3H2,1H3,(H3,13,15,16,20)/t5-,7-,8-,11-/m1/s1. The molecule has 1 aliphatic rings. The summed E-state index contributed by atoms with van der Waals surface area (Å²) in [6, 6.07) is 0. The fourth-order valence-corrected chi connectivity index (χ4v) is 2.59. The molecule has 0 saturated carbocycles. The van der Waals surface area contributed by atoms with Gasteiger partial charge in [0.15, 0.2) is 17.4 Å². The Morgan fingerprint density at radius 1 is 1.59 bits per heavy atom. The van der Waals surface area contributed by atoms with Crippen LogP contribution in [0.3, 0.4) is 0 Å². The van der Waals surface area contributed by atoms with Crippen molar-refractivity contribution in [2.45, 2.75) is 31.5 Å². The van der Waals surface area contributed by atoms with E-state index in [0.29, 0.717) is 6.61 Å². The molecular formula is C12H17N5O5. The van der Waals surface area contributed by atoms with E-state index in [4.69, 9.17) is 15.2 Å². The zero-order valence-corrected chi connectivity index (χ0v) is 11.8. The van der Waals surface area contributed by atoms with Crippen LogP contribution < -0.4 is 11.3 Å². The third-order valence-corrected chi connectivity index (χ3v) is 3.58. The molecule has 1 aliphatic heterocycles. The predicted octanol–water partition coefficient (Wildman–Crippen LogP) is -1.64. The van der Waals surface area contributed by atoms with E-state index in [0.717, 1.165) is 0 Å². The van der Waals surface area contributed by atoms with Crippen LogP contribution in [0, 0.1) is 0 Å². The molecule has 5 N–H and O–H groups in total. The number of nitrogens with zero attached hydrogens (tertiary/aromatic N) is 3. The van der Waals surface area contributed by atoms with Crippen LogP contribution in [0.1, 0.15) is 13.2 Å². The number of H-pyrrole nitrogens is 1. The molecule has 10 nitrogen and oxygen atoms in total. The number of aromatic amines is 1. The van der Waals surface area contributed by atoms with Crippen LogP contribution in [0.4, 0.5) is 5.95 Å². The molecule has 0 aliphatic carbocycles. The highest BCUT2D eigenvalue weighted by atomic mass is 16.6. The third-order valence-electron chi connectivity index (χ3n) is 3.58. The molecule has 22 heavy (non-hydrogen) atoms. The number of nitrogens with two attached hydrogens (primary N) is 1. The summed E-state index contributed by atoms with van der Waals surface area (Å²) in [5.74, 6) is -0.0514. The van der Waals surface area contributed by atoms with Crippen molar-refractivity contribution in [3.8, 4) is 0 Å². The minimum atomic E-state index is -1.01. The maximum absolute atomic E-state index is 11.8. The Labute approximate surface area is 124 Å². The maximum atomic E-state index is 11.8. The van der Waals surface area contributed by atoms with Crippen molar-refractivity contribution >= 4 is 17.1 Å². The Bertz CT molecular complexity index is 728. The number of anilines is 1. The van der Waals surface area contributed by atoms with E-state index in [1.165, 1.54) is 10.9 Å². The Kier molecular flexibility index (Phi) is 3.83. The normalized spacial score (nSPS) is 28.5. The first-order valence-electron chi connectivity index (χ1n) is 6.85. The van der Waals surface area contributed by atoms with Crippen LogP contribution in [0.25, 0.3) is 11.2 Å². The lowest BCUT2D eigenvalue weighted by atomic mass is 10.1. The van der Waals surface area contributed by atoms with Gasteiger partial charge in [0, 0.05) is 6.61 Å². The van der Waals surface area contributed by atoms with Crippen molar-refractivity contribution in [2.24, 2.45) is 0 Å². The largest absolute Gasteiger partial charge is 0.394 e. The highest BCUT2D eigenvalue weighted by molar-refractivity contribution is 5.70. The van der Waals surface area contributed by atoms with Crippen molar-refractivity contribution in [3.63, 3.8) is 0 Å². The highest BCUT2D eigenvalue weighted by Gasteiger charge is 2.45. The Morgan fingerprint density at radius 3 is 3.05 bits per heavy atom. The zero-order chi connectivity index (χ0) is 15.9. The fourth-order valence-electron chi connectivity index (χ4n) is 2.59. The molecule has 0 bridgehead atoms. The molecule has 3 heterocycles. The van der Waals surface area contributed by atoms with Gasteiger partial charge in [-0.05, 0) is 6.92 Å².